The van der Waals surface area contributed by atoms with Crippen LogP contribution < -0.4 is 5.32 Å². The molecule has 0 saturated heterocycles. The third-order valence-electron chi connectivity index (χ3n) is 5.66. The van der Waals surface area contributed by atoms with E-state index >= 15 is 0 Å². The molecule has 160 valence electrons. The summed E-state index contributed by atoms with van der Waals surface area (Å²) in [6.07, 6.45) is 15.1. The number of nitrogens with one attached hydrogen (secondary N) is 1. The molecule has 1 amide bonds. The molecule has 0 aliphatic heterocycles. The van der Waals surface area contributed by atoms with Gasteiger partial charge in [0.15, 0.2) is 0 Å². The highest BCUT2D eigenvalue weighted by molar-refractivity contribution is 5.86. The van der Waals surface area contributed by atoms with Crippen molar-refractivity contribution in [1.29, 1.82) is 0 Å². The Hall–Kier alpha value is -2.03. The first-order chi connectivity index (χ1) is 14.2. The number of phenolic OH excluding ortho intramolecular Hbond substituents is 1. The first-order valence-electron chi connectivity index (χ1n) is 11.7. The van der Waals surface area contributed by atoms with Crippen LogP contribution in [-0.2, 0) is 11.2 Å². The van der Waals surface area contributed by atoms with Crippen LogP contribution in [0.25, 0.3) is 10.8 Å². The van der Waals surface area contributed by atoms with Gasteiger partial charge >= 0.3 is 0 Å². The zero-order chi connectivity index (χ0) is 20.7. The molecule has 3 heteroatoms. The Morgan fingerprint density at radius 2 is 1.59 bits per heavy atom. The number of aromatic hydroxyl groups is 1. The van der Waals surface area contributed by atoms with Gasteiger partial charge in [-0.3, -0.25) is 4.79 Å². The predicted molar refractivity (Wildman–Crippen MR) is 123 cm³/mol. The SMILES string of the molecule is CCCCCNC(=O)CCCCCCCCCCc1cccc2cc(O)ccc12. The van der Waals surface area contributed by atoms with Gasteiger partial charge in [0.25, 0.3) is 0 Å². The summed E-state index contributed by atoms with van der Waals surface area (Å²) in [6.45, 7) is 3.02. The standard InChI is InChI=1S/C26H39NO2/c1-2-3-12-20-27-26(29)17-11-9-7-5-4-6-8-10-14-22-15-13-16-23-21-24(28)18-19-25(22)23/h13,15-16,18-19,21,28H,2-12,14,17,20H2,1H3,(H,27,29). The summed E-state index contributed by atoms with van der Waals surface area (Å²) >= 11 is 0. The molecule has 0 aliphatic carbocycles. The van der Waals surface area contributed by atoms with Crippen LogP contribution in [0, 0.1) is 0 Å². The van der Waals surface area contributed by atoms with E-state index in [1.807, 2.05) is 12.1 Å². The smallest absolute Gasteiger partial charge is 0.219 e. The average molecular weight is 398 g/mol. The van der Waals surface area contributed by atoms with Crippen molar-refractivity contribution in [3.05, 3.63) is 42.0 Å². The highest BCUT2D eigenvalue weighted by Gasteiger charge is 2.03. The highest BCUT2D eigenvalue weighted by Crippen LogP contribution is 2.24. The van der Waals surface area contributed by atoms with Crippen molar-refractivity contribution in [3.8, 4) is 5.75 Å². The minimum atomic E-state index is 0.227. The third kappa shape index (κ3) is 9.34. The van der Waals surface area contributed by atoms with Crippen molar-refractivity contribution >= 4 is 16.7 Å². The van der Waals surface area contributed by atoms with Crippen LogP contribution in [0.5, 0.6) is 5.75 Å². The molecule has 0 saturated carbocycles. The third-order valence-corrected chi connectivity index (χ3v) is 5.66. The fourth-order valence-electron chi connectivity index (χ4n) is 3.91. The fraction of sp³-hybridized carbons (Fsp3) is 0.577. The molecule has 0 aliphatic rings. The minimum Gasteiger partial charge on any atom is -0.508 e. The normalized spacial score (nSPS) is 11.1. The minimum absolute atomic E-state index is 0.227. The number of hydrogen-bond donors (Lipinski definition) is 2. The second-order valence-electron chi connectivity index (χ2n) is 8.21. The fourth-order valence-corrected chi connectivity index (χ4v) is 3.91. The van der Waals surface area contributed by atoms with Crippen LogP contribution in [0.15, 0.2) is 36.4 Å². The largest absolute Gasteiger partial charge is 0.508 e. The molecule has 0 spiro atoms. The maximum absolute atomic E-state index is 11.7. The Morgan fingerprint density at radius 3 is 2.34 bits per heavy atom. The Kier molecular flexibility index (Phi) is 11.3. The number of unbranched alkanes of at least 4 members (excludes halogenated alkanes) is 9. The first-order valence-corrected chi connectivity index (χ1v) is 11.7. The molecule has 29 heavy (non-hydrogen) atoms. The number of amides is 1. The van der Waals surface area contributed by atoms with Gasteiger partial charge in [0, 0.05) is 13.0 Å². The number of benzene rings is 2. The van der Waals surface area contributed by atoms with E-state index in [-0.39, 0.29) is 5.91 Å². The van der Waals surface area contributed by atoms with Crippen LogP contribution in [0.1, 0.15) is 89.5 Å². The number of aryl methyl sites for hydroxylation is 1. The first kappa shape index (κ1) is 23.3. The molecule has 3 nitrogen and oxygen atoms in total. The summed E-state index contributed by atoms with van der Waals surface area (Å²) in [5, 5.41) is 15.0. The van der Waals surface area contributed by atoms with Crippen LogP contribution in [0.4, 0.5) is 0 Å². The van der Waals surface area contributed by atoms with Gasteiger partial charge in [-0.25, -0.2) is 0 Å². The van der Waals surface area contributed by atoms with E-state index in [0.717, 1.165) is 31.2 Å². The van der Waals surface area contributed by atoms with Gasteiger partial charge < -0.3 is 10.4 Å². The quantitative estimate of drug-likeness (QED) is 0.321. The number of phenols is 1. The van der Waals surface area contributed by atoms with E-state index in [2.05, 4.69) is 30.4 Å². The Balaban J connectivity index is 1.46. The lowest BCUT2D eigenvalue weighted by Gasteiger charge is -2.07. The summed E-state index contributed by atoms with van der Waals surface area (Å²) in [7, 11) is 0. The van der Waals surface area contributed by atoms with Gasteiger partial charge in [0.05, 0.1) is 0 Å². The summed E-state index contributed by atoms with van der Waals surface area (Å²) < 4.78 is 0. The predicted octanol–water partition coefficient (Wildman–Crippen LogP) is 6.91. The van der Waals surface area contributed by atoms with Gasteiger partial charge in [0.2, 0.25) is 5.91 Å². The zero-order valence-electron chi connectivity index (χ0n) is 18.2. The Morgan fingerprint density at radius 1 is 0.862 bits per heavy atom. The molecule has 2 aromatic carbocycles. The van der Waals surface area contributed by atoms with Gasteiger partial charge in [-0.05, 0) is 54.2 Å². The number of fused-ring (bicyclic) bond motifs is 1. The average Bonchev–Trinajstić information content (AvgIpc) is 2.72. The summed E-state index contributed by atoms with van der Waals surface area (Å²) in [6, 6.07) is 12.0. The summed E-state index contributed by atoms with van der Waals surface area (Å²) in [4.78, 5) is 11.7. The van der Waals surface area contributed by atoms with E-state index < -0.39 is 0 Å². The van der Waals surface area contributed by atoms with Crippen molar-refractivity contribution in [1.82, 2.24) is 5.32 Å². The van der Waals surface area contributed by atoms with Crippen LogP contribution in [0.3, 0.4) is 0 Å². The van der Waals surface area contributed by atoms with E-state index in [1.165, 1.54) is 68.7 Å². The maximum atomic E-state index is 11.7. The number of hydrogen-bond acceptors (Lipinski definition) is 2. The molecule has 0 atom stereocenters. The molecular formula is C26H39NO2. The molecule has 0 heterocycles. The van der Waals surface area contributed by atoms with Crippen molar-refractivity contribution in [2.75, 3.05) is 6.54 Å². The van der Waals surface area contributed by atoms with E-state index in [9.17, 15) is 9.90 Å². The van der Waals surface area contributed by atoms with Crippen LogP contribution in [-0.4, -0.2) is 17.6 Å². The highest BCUT2D eigenvalue weighted by atomic mass is 16.3. The lowest BCUT2D eigenvalue weighted by molar-refractivity contribution is -0.121. The molecule has 0 radical (unpaired) electrons. The number of rotatable bonds is 15. The summed E-state index contributed by atoms with van der Waals surface area (Å²) in [5.74, 6) is 0.562. The molecule has 0 aromatic heterocycles. The van der Waals surface area contributed by atoms with Gasteiger partial charge in [0.1, 0.15) is 5.75 Å². The van der Waals surface area contributed by atoms with E-state index in [0.29, 0.717) is 12.2 Å². The number of carbonyl (C=O) groups excluding carboxylic acids is 1. The maximum Gasteiger partial charge on any atom is 0.219 e. The van der Waals surface area contributed by atoms with E-state index in [1.54, 1.807) is 6.07 Å². The topological polar surface area (TPSA) is 49.3 Å². The van der Waals surface area contributed by atoms with Gasteiger partial charge in [-0.2, -0.15) is 0 Å². The molecule has 0 fully saturated rings. The molecule has 2 aromatic rings. The lowest BCUT2D eigenvalue weighted by atomic mass is 9.99. The van der Waals surface area contributed by atoms with E-state index in [4.69, 9.17) is 0 Å². The lowest BCUT2D eigenvalue weighted by Crippen LogP contribution is -2.23. The van der Waals surface area contributed by atoms with Crippen molar-refractivity contribution in [3.63, 3.8) is 0 Å². The number of carbonyl (C=O) groups is 1. The Labute approximate surface area is 176 Å². The van der Waals surface area contributed by atoms with Crippen molar-refractivity contribution in [2.24, 2.45) is 0 Å². The second-order valence-corrected chi connectivity index (χ2v) is 8.21. The summed E-state index contributed by atoms with van der Waals surface area (Å²) in [5.41, 5.74) is 1.38. The van der Waals surface area contributed by atoms with Crippen LogP contribution in [0.2, 0.25) is 0 Å². The molecular weight excluding hydrogens is 358 g/mol. The van der Waals surface area contributed by atoms with Crippen LogP contribution >= 0.6 is 0 Å². The van der Waals surface area contributed by atoms with Gasteiger partial charge in [-0.1, -0.05) is 82.6 Å². The second kappa shape index (κ2) is 14.0. The molecule has 0 unspecified atom stereocenters. The van der Waals surface area contributed by atoms with Gasteiger partial charge in [-0.15, -0.1) is 0 Å². The molecule has 0 bridgehead atoms. The monoisotopic (exact) mass is 397 g/mol. The molecule has 2 rings (SSSR count). The van der Waals surface area contributed by atoms with Crippen molar-refractivity contribution < 1.29 is 9.90 Å². The van der Waals surface area contributed by atoms with Crippen molar-refractivity contribution in [2.45, 2.75) is 90.4 Å². The molecule has 2 N–H and O–H groups in total. The Bertz CT molecular complexity index is 726. The zero-order valence-corrected chi connectivity index (χ0v) is 18.2.